The van der Waals surface area contributed by atoms with Gasteiger partial charge in [0.2, 0.25) is 11.8 Å². The maximum atomic E-state index is 12.2. The molecule has 0 spiro atoms. The summed E-state index contributed by atoms with van der Waals surface area (Å²) in [6, 6.07) is 0. The number of carbonyl (C=O) groups is 2. The Morgan fingerprint density at radius 1 is 1.43 bits per heavy atom. The molecule has 2 fully saturated rings. The van der Waals surface area contributed by atoms with E-state index in [4.69, 9.17) is 4.74 Å². The molecule has 1 atom stereocenters. The number of carbonyl (C=O) groups excluding carboxylic acids is 2. The van der Waals surface area contributed by atoms with Crippen molar-refractivity contribution in [2.45, 2.75) is 44.1 Å². The van der Waals surface area contributed by atoms with E-state index >= 15 is 0 Å². The van der Waals surface area contributed by atoms with Crippen molar-refractivity contribution < 1.29 is 19.4 Å². The number of aliphatic hydroxyl groups is 1. The normalized spacial score (nSPS) is 25.1. The lowest BCUT2D eigenvalue weighted by Gasteiger charge is -2.32. The summed E-state index contributed by atoms with van der Waals surface area (Å²) < 4.78 is 4.96. The standard InChI is InChI=1S/C15H26N2O4/c1-21-8-7-17-10-12(9-13(17)18)14(19)16-11-15(20)5-3-2-4-6-15/h12,20H,2-11H2,1H3,(H,16,19). The van der Waals surface area contributed by atoms with Crippen LogP contribution in [0.15, 0.2) is 0 Å². The van der Waals surface area contributed by atoms with Crippen LogP contribution < -0.4 is 5.32 Å². The molecule has 2 rings (SSSR count). The summed E-state index contributed by atoms with van der Waals surface area (Å²) in [5.74, 6) is -0.424. The van der Waals surface area contributed by atoms with E-state index in [2.05, 4.69) is 5.32 Å². The molecule has 0 bridgehead atoms. The molecular weight excluding hydrogens is 272 g/mol. The van der Waals surface area contributed by atoms with E-state index in [1.54, 1.807) is 12.0 Å². The fourth-order valence-electron chi connectivity index (χ4n) is 3.15. The van der Waals surface area contributed by atoms with Crippen molar-refractivity contribution in [2.24, 2.45) is 5.92 Å². The maximum absolute atomic E-state index is 12.2. The molecule has 6 heteroatoms. The Morgan fingerprint density at radius 2 is 2.14 bits per heavy atom. The average Bonchev–Trinajstić information content (AvgIpc) is 2.85. The highest BCUT2D eigenvalue weighted by Gasteiger charge is 2.35. The summed E-state index contributed by atoms with van der Waals surface area (Å²) in [5.41, 5.74) is -0.758. The van der Waals surface area contributed by atoms with Gasteiger partial charge in [0.05, 0.1) is 18.1 Å². The first-order valence-electron chi connectivity index (χ1n) is 7.81. The van der Waals surface area contributed by atoms with Crippen molar-refractivity contribution in [1.29, 1.82) is 0 Å². The predicted octanol–water partition coefficient (Wildman–Crippen LogP) is 0.293. The van der Waals surface area contributed by atoms with E-state index in [1.165, 1.54) is 0 Å². The van der Waals surface area contributed by atoms with Gasteiger partial charge in [0.25, 0.3) is 0 Å². The lowest BCUT2D eigenvalue weighted by molar-refractivity contribution is -0.129. The van der Waals surface area contributed by atoms with Gasteiger partial charge in [-0.1, -0.05) is 19.3 Å². The van der Waals surface area contributed by atoms with Crippen molar-refractivity contribution in [3.63, 3.8) is 0 Å². The number of hydrogen-bond acceptors (Lipinski definition) is 4. The summed E-state index contributed by atoms with van der Waals surface area (Å²) >= 11 is 0. The number of nitrogens with one attached hydrogen (secondary N) is 1. The van der Waals surface area contributed by atoms with E-state index in [-0.39, 0.29) is 24.2 Å². The van der Waals surface area contributed by atoms with Crippen LogP contribution in [0.5, 0.6) is 0 Å². The Labute approximate surface area is 125 Å². The highest BCUT2D eigenvalue weighted by Crippen LogP contribution is 2.27. The molecule has 120 valence electrons. The lowest BCUT2D eigenvalue weighted by atomic mass is 9.85. The summed E-state index contributed by atoms with van der Waals surface area (Å²) in [7, 11) is 1.59. The second-order valence-corrected chi connectivity index (χ2v) is 6.24. The van der Waals surface area contributed by atoms with Gasteiger partial charge in [0.1, 0.15) is 0 Å². The van der Waals surface area contributed by atoms with Crippen molar-refractivity contribution in [3.05, 3.63) is 0 Å². The minimum Gasteiger partial charge on any atom is -0.388 e. The molecule has 1 saturated carbocycles. The van der Waals surface area contributed by atoms with E-state index in [0.29, 0.717) is 26.2 Å². The monoisotopic (exact) mass is 298 g/mol. The summed E-state index contributed by atoms with van der Waals surface area (Å²) in [4.78, 5) is 25.6. The fraction of sp³-hybridized carbons (Fsp3) is 0.867. The van der Waals surface area contributed by atoms with Crippen molar-refractivity contribution in [2.75, 3.05) is 33.4 Å². The van der Waals surface area contributed by atoms with E-state index < -0.39 is 5.60 Å². The minimum absolute atomic E-state index is 0.00331. The zero-order valence-electron chi connectivity index (χ0n) is 12.8. The van der Waals surface area contributed by atoms with Crippen LogP contribution in [0.1, 0.15) is 38.5 Å². The van der Waals surface area contributed by atoms with Gasteiger partial charge in [-0.2, -0.15) is 0 Å². The van der Waals surface area contributed by atoms with Crippen molar-refractivity contribution >= 4 is 11.8 Å². The van der Waals surface area contributed by atoms with Crippen LogP contribution in [-0.2, 0) is 14.3 Å². The van der Waals surface area contributed by atoms with E-state index in [9.17, 15) is 14.7 Å². The topological polar surface area (TPSA) is 78.9 Å². The molecule has 0 aromatic rings. The largest absolute Gasteiger partial charge is 0.388 e. The third kappa shape index (κ3) is 4.41. The molecule has 0 aromatic heterocycles. The van der Waals surface area contributed by atoms with Crippen LogP contribution in [-0.4, -0.2) is 60.8 Å². The molecule has 1 unspecified atom stereocenters. The molecule has 2 amide bonds. The molecule has 1 heterocycles. The van der Waals surface area contributed by atoms with Crippen LogP contribution in [0.3, 0.4) is 0 Å². The zero-order valence-corrected chi connectivity index (χ0v) is 12.8. The molecular formula is C15H26N2O4. The van der Waals surface area contributed by atoms with Crippen molar-refractivity contribution in [1.82, 2.24) is 10.2 Å². The number of rotatable bonds is 6. The summed E-state index contributed by atoms with van der Waals surface area (Å²) in [5, 5.41) is 13.2. The van der Waals surface area contributed by atoms with Gasteiger partial charge in [-0.05, 0) is 12.8 Å². The van der Waals surface area contributed by atoms with Crippen molar-refractivity contribution in [3.8, 4) is 0 Å². The SMILES string of the molecule is COCCN1CC(C(=O)NCC2(O)CCCCC2)CC1=O. The molecule has 0 radical (unpaired) electrons. The maximum Gasteiger partial charge on any atom is 0.225 e. The van der Waals surface area contributed by atoms with E-state index in [0.717, 1.165) is 32.1 Å². The molecule has 21 heavy (non-hydrogen) atoms. The third-order valence-electron chi connectivity index (χ3n) is 4.53. The van der Waals surface area contributed by atoms with Gasteiger partial charge >= 0.3 is 0 Å². The number of amides is 2. The lowest BCUT2D eigenvalue weighted by Crippen LogP contribution is -2.46. The molecule has 2 aliphatic rings. The van der Waals surface area contributed by atoms with Crippen LogP contribution in [0.2, 0.25) is 0 Å². The molecule has 1 aliphatic heterocycles. The second-order valence-electron chi connectivity index (χ2n) is 6.24. The van der Waals surface area contributed by atoms with Gasteiger partial charge in [-0.25, -0.2) is 0 Å². The Balaban J connectivity index is 1.77. The first-order valence-corrected chi connectivity index (χ1v) is 7.81. The molecule has 1 aliphatic carbocycles. The number of hydrogen-bond donors (Lipinski definition) is 2. The Hall–Kier alpha value is -1.14. The van der Waals surface area contributed by atoms with E-state index in [1.807, 2.05) is 0 Å². The van der Waals surface area contributed by atoms with Crippen LogP contribution >= 0.6 is 0 Å². The number of likely N-dealkylation sites (tertiary alicyclic amines) is 1. The first-order chi connectivity index (χ1) is 10.0. The number of nitrogens with zero attached hydrogens (tertiary/aromatic N) is 1. The Kier molecular flexibility index (Phi) is 5.58. The average molecular weight is 298 g/mol. The third-order valence-corrected chi connectivity index (χ3v) is 4.53. The summed E-state index contributed by atoms with van der Waals surface area (Å²) in [6.07, 6.45) is 4.93. The van der Waals surface area contributed by atoms with Gasteiger partial charge in [-0.15, -0.1) is 0 Å². The molecule has 6 nitrogen and oxygen atoms in total. The number of ether oxygens (including phenoxy) is 1. The quantitative estimate of drug-likeness (QED) is 0.739. The van der Waals surface area contributed by atoms with Crippen LogP contribution in [0.25, 0.3) is 0 Å². The second kappa shape index (κ2) is 7.22. The zero-order chi connectivity index (χ0) is 15.3. The molecule has 2 N–H and O–H groups in total. The minimum atomic E-state index is -0.758. The smallest absolute Gasteiger partial charge is 0.225 e. The summed E-state index contributed by atoms with van der Waals surface area (Å²) in [6.45, 7) is 1.77. The van der Waals surface area contributed by atoms with Crippen LogP contribution in [0.4, 0.5) is 0 Å². The van der Waals surface area contributed by atoms with Gasteiger partial charge < -0.3 is 20.1 Å². The number of methoxy groups -OCH3 is 1. The highest BCUT2D eigenvalue weighted by molar-refractivity contribution is 5.89. The fourth-order valence-corrected chi connectivity index (χ4v) is 3.15. The van der Waals surface area contributed by atoms with Gasteiger partial charge in [0.15, 0.2) is 0 Å². The van der Waals surface area contributed by atoms with Gasteiger partial charge in [-0.3, -0.25) is 9.59 Å². The molecule has 1 saturated heterocycles. The molecule has 0 aromatic carbocycles. The predicted molar refractivity (Wildman–Crippen MR) is 77.6 cm³/mol. The Morgan fingerprint density at radius 3 is 2.81 bits per heavy atom. The first kappa shape index (κ1) is 16.2. The van der Waals surface area contributed by atoms with Crippen LogP contribution in [0, 0.1) is 5.92 Å². The highest BCUT2D eigenvalue weighted by atomic mass is 16.5. The van der Waals surface area contributed by atoms with Gasteiger partial charge in [0, 0.05) is 33.2 Å². The Bertz CT molecular complexity index is 380.